The van der Waals surface area contributed by atoms with E-state index in [1.807, 2.05) is 25.1 Å². The van der Waals surface area contributed by atoms with Crippen molar-refractivity contribution >= 4 is 23.5 Å². The molecule has 0 saturated carbocycles. The molecule has 1 aromatic carbocycles. The van der Waals surface area contributed by atoms with Crippen LogP contribution in [0.1, 0.15) is 29.5 Å². The van der Waals surface area contributed by atoms with Crippen molar-refractivity contribution < 1.29 is 14.7 Å². The van der Waals surface area contributed by atoms with Crippen molar-refractivity contribution in [3.63, 3.8) is 0 Å². The Morgan fingerprint density at radius 1 is 1.39 bits per heavy atom. The molecular formula is C16H18ClN3O3. The van der Waals surface area contributed by atoms with E-state index in [0.29, 0.717) is 10.7 Å². The molecule has 0 fully saturated rings. The highest BCUT2D eigenvalue weighted by atomic mass is 35.5. The van der Waals surface area contributed by atoms with E-state index in [1.54, 1.807) is 23.7 Å². The van der Waals surface area contributed by atoms with Gasteiger partial charge in [0.15, 0.2) is 5.69 Å². The molecule has 1 amide bonds. The Balaban J connectivity index is 2.10. The third-order valence-corrected chi connectivity index (χ3v) is 3.65. The molecule has 2 N–H and O–H groups in total. The van der Waals surface area contributed by atoms with Gasteiger partial charge in [-0.15, -0.1) is 0 Å². The number of para-hydroxylation sites is 1. The number of aryl methyl sites for hydroxylation is 1. The Kier molecular flexibility index (Phi) is 5.39. The van der Waals surface area contributed by atoms with E-state index < -0.39 is 5.97 Å². The number of hydrogen-bond donors (Lipinski definition) is 2. The van der Waals surface area contributed by atoms with Gasteiger partial charge in [0.05, 0.1) is 10.7 Å². The van der Waals surface area contributed by atoms with Crippen LogP contribution in [0, 0.1) is 12.8 Å². The number of hydrogen-bond acceptors (Lipinski definition) is 3. The van der Waals surface area contributed by atoms with Crippen LogP contribution in [0.15, 0.2) is 30.3 Å². The molecule has 23 heavy (non-hydrogen) atoms. The van der Waals surface area contributed by atoms with Crippen LogP contribution >= 0.6 is 11.6 Å². The summed E-state index contributed by atoms with van der Waals surface area (Å²) in [5.74, 6) is -1.37. The van der Waals surface area contributed by atoms with E-state index in [2.05, 4.69) is 10.4 Å². The number of carboxylic acids is 1. The zero-order valence-electron chi connectivity index (χ0n) is 12.9. The summed E-state index contributed by atoms with van der Waals surface area (Å²) >= 11 is 6.15. The first kappa shape index (κ1) is 17.0. The third kappa shape index (κ3) is 4.32. The molecule has 1 heterocycles. The molecule has 2 aromatic rings. The van der Waals surface area contributed by atoms with Crippen LogP contribution in [0.5, 0.6) is 0 Å². The fraction of sp³-hybridized carbons (Fsp3) is 0.312. The minimum absolute atomic E-state index is 0.00731. The molecule has 1 unspecified atom stereocenters. The van der Waals surface area contributed by atoms with E-state index in [1.165, 1.54) is 0 Å². The van der Waals surface area contributed by atoms with Gasteiger partial charge in [-0.25, -0.2) is 4.68 Å². The summed E-state index contributed by atoms with van der Waals surface area (Å²) in [6.07, 6.45) is 0.00731. The summed E-state index contributed by atoms with van der Waals surface area (Å²) in [7, 11) is 0. The molecule has 1 atom stereocenters. The van der Waals surface area contributed by atoms with Crippen molar-refractivity contribution in [1.82, 2.24) is 15.1 Å². The van der Waals surface area contributed by atoms with Gasteiger partial charge in [-0.05, 0) is 31.0 Å². The smallest absolute Gasteiger partial charge is 0.303 e. The molecule has 122 valence electrons. The van der Waals surface area contributed by atoms with E-state index in [-0.39, 0.29) is 30.5 Å². The predicted octanol–water partition coefficient (Wildman–Crippen LogP) is 2.67. The number of rotatable bonds is 6. The number of carboxylic acid groups (broad SMARTS) is 1. The second-order valence-electron chi connectivity index (χ2n) is 5.45. The maximum Gasteiger partial charge on any atom is 0.303 e. The molecule has 1 aromatic heterocycles. The standard InChI is InChI=1S/C16H18ClN3O3/c1-10(7-15(21)22)9-18-16(23)13-8-11(2)20(19-13)14-6-4-3-5-12(14)17/h3-6,8,10H,7,9H2,1-2H3,(H,18,23)(H,21,22). The fourth-order valence-corrected chi connectivity index (χ4v) is 2.40. The average molecular weight is 336 g/mol. The molecule has 0 radical (unpaired) electrons. The van der Waals surface area contributed by atoms with E-state index in [9.17, 15) is 9.59 Å². The monoisotopic (exact) mass is 335 g/mol. The van der Waals surface area contributed by atoms with Crippen molar-refractivity contribution in [2.75, 3.05) is 6.54 Å². The lowest BCUT2D eigenvalue weighted by Gasteiger charge is -2.09. The summed E-state index contributed by atoms with van der Waals surface area (Å²) in [6.45, 7) is 3.88. The summed E-state index contributed by atoms with van der Waals surface area (Å²) in [5, 5.41) is 16.2. The van der Waals surface area contributed by atoms with Crippen molar-refractivity contribution in [2.24, 2.45) is 5.92 Å². The molecule has 0 aliphatic carbocycles. The van der Waals surface area contributed by atoms with Crippen LogP contribution in [0.25, 0.3) is 5.69 Å². The highest BCUT2D eigenvalue weighted by Crippen LogP contribution is 2.21. The first-order chi connectivity index (χ1) is 10.9. The number of carbonyl (C=O) groups excluding carboxylic acids is 1. The van der Waals surface area contributed by atoms with Gasteiger partial charge in [0.1, 0.15) is 0 Å². The van der Waals surface area contributed by atoms with Crippen LogP contribution in [0.3, 0.4) is 0 Å². The lowest BCUT2D eigenvalue weighted by Crippen LogP contribution is -2.29. The van der Waals surface area contributed by atoms with Gasteiger partial charge in [0, 0.05) is 18.7 Å². The molecule has 0 saturated heterocycles. The van der Waals surface area contributed by atoms with Gasteiger partial charge >= 0.3 is 5.97 Å². The van der Waals surface area contributed by atoms with Gasteiger partial charge in [-0.1, -0.05) is 30.7 Å². The predicted molar refractivity (Wildman–Crippen MR) is 87.1 cm³/mol. The van der Waals surface area contributed by atoms with E-state index >= 15 is 0 Å². The number of nitrogens with one attached hydrogen (secondary N) is 1. The zero-order chi connectivity index (χ0) is 17.0. The van der Waals surface area contributed by atoms with Crippen molar-refractivity contribution in [1.29, 1.82) is 0 Å². The Morgan fingerprint density at radius 2 is 2.09 bits per heavy atom. The van der Waals surface area contributed by atoms with Gasteiger partial charge in [-0.2, -0.15) is 5.10 Å². The molecule has 7 heteroatoms. The van der Waals surface area contributed by atoms with Gasteiger partial charge in [0.25, 0.3) is 5.91 Å². The molecule has 0 spiro atoms. The number of aromatic nitrogens is 2. The normalized spacial score (nSPS) is 12.0. The van der Waals surface area contributed by atoms with Gasteiger partial charge in [0.2, 0.25) is 0 Å². The van der Waals surface area contributed by atoms with Crippen molar-refractivity contribution in [3.05, 3.63) is 46.7 Å². The number of halogens is 1. The number of benzene rings is 1. The quantitative estimate of drug-likeness (QED) is 0.850. The molecular weight excluding hydrogens is 318 g/mol. The highest BCUT2D eigenvalue weighted by Gasteiger charge is 2.16. The zero-order valence-corrected chi connectivity index (χ0v) is 13.7. The topological polar surface area (TPSA) is 84.2 Å². The van der Waals surface area contributed by atoms with Crippen LogP contribution < -0.4 is 5.32 Å². The molecule has 0 bridgehead atoms. The minimum atomic E-state index is -0.884. The second kappa shape index (κ2) is 7.28. The highest BCUT2D eigenvalue weighted by molar-refractivity contribution is 6.32. The SMILES string of the molecule is Cc1cc(C(=O)NCC(C)CC(=O)O)nn1-c1ccccc1Cl. The summed E-state index contributed by atoms with van der Waals surface area (Å²) < 4.78 is 1.61. The Labute approximate surface area is 139 Å². The second-order valence-corrected chi connectivity index (χ2v) is 5.85. The number of carbonyl (C=O) groups is 2. The lowest BCUT2D eigenvalue weighted by molar-refractivity contribution is -0.137. The number of nitrogens with zero attached hydrogens (tertiary/aromatic N) is 2. The minimum Gasteiger partial charge on any atom is -0.481 e. The van der Waals surface area contributed by atoms with Crippen LogP contribution in [-0.2, 0) is 4.79 Å². The Bertz CT molecular complexity index is 727. The summed E-state index contributed by atoms with van der Waals surface area (Å²) in [5.41, 5.74) is 1.75. The van der Waals surface area contributed by atoms with Gasteiger partial charge < -0.3 is 10.4 Å². The van der Waals surface area contributed by atoms with E-state index in [0.717, 1.165) is 5.69 Å². The average Bonchev–Trinajstić information content (AvgIpc) is 2.86. The fourth-order valence-electron chi connectivity index (χ4n) is 2.18. The largest absolute Gasteiger partial charge is 0.481 e. The van der Waals surface area contributed by atoms with Crippen molar-refractivity contribution in [2.45, 2.75) is 20.3 Å². The lowest BCUT2D eigenvalue weighted by atomic mass is 10.1. The van der Waals surface area contributed by atoms with E-state index in [4.69, 9.17) is 16.7 Å². The summed E-state index contributed by atoms with van der Waals surface area (Å²) in [4.78, 5) is 22.8. The first-order valence-electron chi connectivity index (χ1n) is 7.20. The maximum atomic E-state index is 12.1. The first-order valence-corrected chi connectivity index (χ1v) is 7.58. The number of amides is 1. The third-order valence-electron chi connectivity index (χ3n) is 3.33. The van der Waals surface area contributed by atoms with Gasteiger partial charge in [-0.3, -0.25) is 9.59 Å². The van der Waals surface area contributed by atoms with Crippen LogP contribution in [0.4, 0.5) is 0 Å². The number of aliphatic carboxylic acids is 1. The molecule has 0 aliphatic rings. The maximum absolute atomic E-state index is 12.1. The molecule has 0 aliphatic heterocycles. The molecule has 2 rings (SSSR count). The Hall–Kier alpha value is -2.34. The molecule has 6 nitrogen and oxygen atoms in total. The Morgan fingerprint density at radius 3 is 2.74 bits per heavy atom. The van der Waals surface area contributed by atoms with Crippen LogP contribution in [0.2, 0.25) is 5.02 Å². The van der Waals surface area contributed by atoms with Crippen molar-refractivity contribution in [3.8, 4) is 5.69 Å². The van der Waals surface area contributed by atoms with Crippen LogP contribution in [-0.4, -0.2) is 33.3 Å². The summed E-state index contributed by atoms with van der Waals surface area (Å²) in [6, 6.07) is 8.91.